The Morgan fingerprint density at radius 3 is 0.857 bits per heavy atom. The Morgan fingerprint density at radius 1 is 0.381 bits per heavy atom. The molecule has 0 aliphatic carbocycles. The van der Waals surface area contributed by atoms with Crippen LogP contribution in [0.15, 0.2) is 84.9 Å². The van der Waals surface area contributed by atoms with E-state index < -0.39 is 0 Å². The Hall–Kier alpha value is -3.22. The molecule has 0 saturated heterocycles. The number of rotatable bonds is 8. The zero-order valence-corrected chi connectivity index (χ0v) is 28.6. The molecule has 0 bridgehead atoms. The molecule has 42 heavy (non-hydrogen) atoms. The Labute approximate surface area is 276 Å². The summed E-state index contributed by atoms with van der Waals surface area (Å²) in [5.74, 6) is 26.9. The number of quaternary nitrogens is 2. The zero-order chi connectivity index (χ0) is 28.5. The van der Waals surface area contributed by atoms with E-state index in [1.807, 2.05) is 36.4 Å². The lowest BCUT2D eigenvalue weighted by atomic mass is 10.1. The van der Waals surface area contributed by atoms with Gasteiger partial charge in [0.1, 0.15) is 26.2 Å². The van der Waals surface area contributed by atoms with E-state index in [1.54, 1.807) is 0 Å². The van der Waals surface area contributed by atoms with Crippen molar-refractivity contribution in [2.75, 3.05) is 52.4 Å². The summed E-state index contributed by atoms with van der Waals surface area (Å²) >= 11 is 0. The summed E-state index contributed by atoms with van der Waals surface area (Å²) in [7, 11) is 0. The molecular formula is C38H42Br2N2. The van der Waals surface area contributed by atoms with Crippen LogP contribution in [0.25, 0.3) is 0 Å². The van der Waals surface area contributed by atoms with Crippen molar-refractivity contribution in [3.63, 3.8) is 0 Å². The van der Waals surface area contributed by atoms with Crippen molar-refractivity contribution in [1.29, 1.82) is 0 Å². The maximum atomic E-state index is 3.43. The Morgan fingerprint density at radius 2 is 0.619 bits per heavy atom. The van der Waals surface area contributed by atoms with Gasteiger partial charge in [0.15, 0.2) is 0 Å². The first-order chi connectivity index (χ1) is 19.6. The molecule has 0 saturated carbocycles. The third-order valence-electron chi connectivity index (χ3n) is 7.70. The van der Waals surface area contributed by atoms with Gasteiger partial charge in [-0.05, 0) is 99.9 Å². The lowest BCUT2D eigenvalue weighted by Gasteiger charge is -2.32. The maximum absolute atomic E-state index is 3.43. The second-order valence-corrected chi connectivity index (χ2v) is 10.1. The van der Waals surface area contributed by atoms with Crippen molar-refractivity contribution in [2.24, 2.45) is 0 Å². The molecule has 0 aromatic heterocycles. The van der Waals surface area contributed by atoms with Gasteiger partial charge in [-0.25, -0.2) is 0 Å². The molecule has 2 nitrogen and oxygen atoms in total. The average molecular weight is 687 g/mol. The first-order valence-electron chi connectivity index (χ1n) is 14.4. The van der Waals surface area contributed by atoms with Gasteiger partial charge in [0.2, 0.25) is 0 Å². The fraction of sp³-hybridized carbons (Fsp3) is 0.316. The summed E-state index contributed by atoms with van der Waals surface area (Å²) in [6.45, 7) is 16.1. The van der Waals surface area contributed by atoms with Gasteiger partial charge in [-0.2, -0.15) is 0 Å². The van der Waals surface area contributed by atoms with Crippen molar-refractivity contribution >= 4 is 0 Å². The van der Waals surface area contributed by atoms with Crippen LogP contribution in [0, 0.1) is 47.4 Å². The maximum Gasteiger partial charge on any atom is 0.142 e. The first-order valence-corrected chi connectivity index (χ1v) is 14.4. The minimum absolute atomic E-state index is 0. The van der Waals surface area contributed by atoms with E-state index in [4.69, 9.17) is 0 Å². The van der Waals surface area contributed by atoms with Crippen LogP contribution in [0.1, 0.15) is 49.9 Å². The lowest BCUT2D eigenvalue weighted by molar-refractivity contribution is -0.911. The molecule has 3 aromatic rings. The minimum Gasteiger partial charge on any atom is -1.00 e. The Kier molecular flexibility index (Phi) is 17.4. The number of benzene rings is 3. The summed E-state index contributed by atoms with van der Waals surface area (Å²) in [4.78, 5) is 0. The van der Waals surface area contributed by atoms with Crippen LogP contribution in [0.5, 0.6) is 0 Å². The van der Waals surface area contributed by atoms with E-state index in [0.29, 0.717) is 0 Å². The predicted octanol–water partition coefficient (Wildman–Crippen LogP) is 0.214. The Balaban J connectivity index is 0.00000441. The molecule has 0 unspecified atom stereocenters. The molecule has 3 rings (SSSR count). The van der Waals surface area contributed by atoms with Crippen molar-refractivity contribution in [3.8, 4) is 47.4 Å². The van der Waals surface area contributed by atoms with E-state index in [1.165, 1.54) is 0 Å². The molecule has 4 heteroatoms. The summed E-state index contributed by atoms with van der Waals surface area (Å²) in [6.07, 6.45) is 0. The van der Waals surface area contributed by atoms with E-state index in [9.17, 15) is 0 Å². The summed E-state index contributed by atoms with van der Waals surface area (Å²) in [6, 6.07) is 28.7. The summed E-state index contributed by atoms with van der Waals surface area (Å²) < 4.78 is 1.75. The van der Waals surface area contributed by atoms with Crippen molar-refractivity contribution in [3.05, 3.63) is 107 Å². The van der Waals surface area contributed by atoms with Crippen molar-refractivity contribution in [2.45, 2.75) is 27.7 Å². The monoisotopic (exact) mass is 684 g/mol. The van der Waals surface area contributed by atoms with Crippen LogP contribution in [0.3, 0.4) is 0 Å². The molecule has 0 atom stereocenters. The minimum atomic E-state index is 0. The standard InChI is InChI=1S/C38H42N2.2BrH/c1-5-39(6-2,31-15-23-35-19-11-9-12-20-35)33-17-25-37-27-29-38(30-28-37)26-18-34-40(7-3,8-4)32-16-24-36-21-13-10-14-22-36;;/h9-14,19-22,27-30H,5-8,31-34H2,1-4H3;2*1H/q+2;;/p-2. The highest BCUT2D eigenvalue weighted by atomic mass is 79.9. The third kappa shape index (κ3) is 11.9. The van der Waals surface area contributed by atoms with Crippen LogP contribution in [-0.2, 0) is 0 Å². The van der Waals surface area contributed by atoms with Gasteiger partial charge in [0, 0.05) is 22.3 Å². The number of nitrogens with zero attached hydrogens (tertiary/aromatic N) is 2. The fourth-order valence-electron chi connectivity index (χ4n) is 4.37. The number of hydrogen-bond acceptors (Lipinski definition) is 0. The van der Waals surface area contributed by atoms with Crippen molar-refractivity contribution in [1.82, 2.24) is 0 Å². The second-order valence-electron chi connectivity index (χ2n) is 10.1. The van der Waals surface area contributed by atoms with Crippen LogP contribution >= 0.6 is 0 Å². The van der Waals surface area contributed by atoms with Crippen LogP contribution in [0.4, 0.5) is 0 Å². The van der Waals surface area contributed by atoms with E-state index in [0.717, 1.165) is 83.6 Å². The normalized spacial score (nSPS) is 10.0. The molecule has 0 aliphatic rings. The molecular weight excluding hydrogens is 644 g/mol. The van der Waals surface area contributed by atoms with Crippen LogP contribution < -0.4 is 34.0 Å². The Bertz CT molecular complexity index is 1330. The number of halogens is 2. The molecule has 0 fully saturated rings. The molecule has 3 aromatic carbocycles. The van der Waals surface area contributed by atoms with Crippen LogP contribution in [0.2, 0.25) is 0 Å². The molecule has 0 heterocycles. The van der Waals surface area contributed by atoms with Gasteiger partial charge in [0.05, 0.1) is 26.2 Å². The fourth-order valence-corrected chi connectivity index (χ4v) is 4.37. The molecule has 0 radical (unpaired) electrons. The molecule has 0 N–H and O–H groups in total. The topological polar surface area (TPSA) is 0 Å². The van der Waals surface area contributed by atoms with Gasteiger partial charge in [-0.3, -0.25) is 0 Å². The zero-order valence-electron chi connectivity index (χ0n) is 25.4. The van der Waals surface area contributed by atoms with Gasteiger partial charge < -0.3 is 42.9 Å². The molecule has 0 amide bonds. The van der Waals surface area contributed by atoms with Gasteiger partial charge in [-0.1, -0.05) is 60.1 Å². The SMILES string of the molecule is CC[N+](CC)(CC#Cc1ccccc1)CC#Cc1ccc(C#CC[N+](CC)(CC)CC#Cc2ccccc2)cc1.[Br-].[Br-]. The third-order valence-corrected chi connectivity index (χ3v) is 7.70. The molecule has 0 spiro atoms. The molecule has 0 aliphatic heterocycles. The van der Waals surface area contributed by atoms with Crippen molar-refractivity contribution < 1.29 is 42.9 Å². The smallest absolute Gasteiger partial charge is 0.142 e. The van der Waals surface area contributed by atoms with Gasteiger partial charge >= 0.3 is 0 Å². The van der Waals surface area contributed by atoms with Gasteiger partial charge in [-0.15, -0.1) is 0 Å². The second kappa shape index (κ2) is 19.8. The van der Waals surface area contributed by atoms with E-state index in [2.05, 4.69) is 124 Å². The average Bonchev–Trinajstić information content (AvgIpc) is 3.01. The highest BCUT2D eigenvalue weighted by molar-refractivity contribution is 5.42. The van der Waals surface area contributed by atoms with Gasteiger partial charge in [0.25, 0.3) is 0 Å². The summed E-state index contributed by atoms with van der Waals surface area (Å²) in [5, 5.41) is 0. The highest BCUT2D eigenvalue weighted by Gasteiger charge is 2.21. The number of hydrogen-bond donors (Lipinski definition) is 0. The first kappa shape index (κ1) is 36.8. The largest absolute Gasteiger partial charge is 1.00 e. The lowest BCUT2D eigenvalue weighted by Crippen LogP contribution is -3.00. The summed E-state index contributed by atoms with van der Waals surface area (Å²) in [5.41, 5.74) is 4.17. The van der Waals surface area contributed by atoms with E-state index in [-0.39, 0.29) is 34.0 Å². The predicted molar refractivity (Wildman–Crippen MR) is 169 cm³/mol. The van der Waals surface area contributed by atoms with E-state index >= 15 is 0 Å². The molecule has 218 valence electrons. The highest BCUT2D eigenvalue weighted by Crippen LogP contribution is 2.08. The quantitative estimate of drug-likeness (QED) is 0.235. The van der Waals surface area contributed by atoms with Crippen LogP contribution in [-0.4, -0.2) is 61.3 Å².